The zero-order valence-electron chi connectivity index (χ0n) is 18.1. The van der Waals surface area contributed by atoms with Gasteiger partial charge in [-0.05, 0) is 39.8 Å². The van der Waals surface area contributed by atoms with Crippen LogP contribution in [-0.2, 0) is 5.60 Å². The van der Waals surface area contributed by atoms with Gasteiger partial charge in [-0.1, -0.05) is 23.2 Å². The van der Waals surface area contributed by atoms with Crippen LogP contribution < -0.4 is 10.1 Å². The lowest BCUT2D eigenvalue weighted by Crippen LogP contribution is -2.32. The highest BCUT2D eigenvalue weighted by Crippen LogP contribution is 2.40. The fourth-order valence-corrected chi connectivity index (χ4v) is 4.46. The van der Waals surface area contributed by atoms with Crippen LogP contribution in [0.3, 0.4) is 0 Å². The number of anilines is 1. The number of alkyl halides is 3. The number of amides is 1. The average Bonchev–Trinajstić information content (AvgIpc) is 3.25. The number of ether oxygens (including phenoxy) is 1. The van der Waals surface area contributed by atoms with Gasteiger partial charge in [-0.3, -0.25) is 9.89 Å². The SMILES string of the molecule is Cc1[nH]nc(Cl)c1NC(=O)c1cc(F)c(-c2nc(C(C)(C)O)c(Cl)s2)cc1OC(C)C(F)(F)F. The molecule has 7 nitrogen and oxygen atoms in total. The van der Waals surface area contributed by atoms with E-state index >= 15 is 4.39 Å². The molecular formula is C20H18Cl2F4N4O3S. The molecule has 3 aromatic rings. The van der Waals surface area contributed by atoms with Gasteiger partial charge in [-0.15, -0.1) is 11.3 Å². The standard InChI is InChI=1S/C20H18Cl2F4N4O3S/c1-7-13(15(21)30-29-7)27-17(31)10-5-11(23)9(6-12(10)33-8(2)20(24,25)26)18-28-14(16(22)34-18)19(3,4)32/h5-6,8,32H,1-4H3,(H,27,31)(H,29,30). The highest BCUT2D eigenvalue weighted by Gasteiger charge is 2.39. The third kappa shape index (κ3) is 5.45. The van der Waals surface area contributed by atoms with E-state index in [0.29, 0.717) is 5.69 Å². The fraction of sp³-hybridized carbons (Fsp3) is 0.350. The molecule has 2 heterocycles. The summed E-state index contributed by atoms with van der Waals surface area (Å²) in [5.74, 6) is -2.50. The maximum atomic E-state index is 15.1. The van der Waals surface area contributed by atoms with Gasteiger partial charge in [0.25, 0.3) is 5.91 Å². The summed E-state index contributed by atoms with van der Waals surface area (Å²) in [4.78, 5) is 17.0. The molecule has 0 aliphatic rings. The number of carbonyl (C=O) groups excluding carboxylic acids is 1. The van der Waals surface area contributed by atoms with E-state index in [2.05, 4.69) is 20.5 Å². The third-order valence-corrected chi connectivity index (χ3v) is 6.18. The van der Waals surface area contributed by atoms with Crippen LogP contribution in [0.2, 0.25) is 9.49 Å². The number of nitrogens with zero attached hydrogens (tertiary/aromatic N) is 2. The average molecular weight is 541 g/mol. The molecular weight excluding hydrogens is 523 g/mol. The van der Waals surface area contributed by atoms with Crippen LogP contribution in [0.15, 0.2) is 12.1 Å². The molecule has 0 fully saturated rings. The first kappa shape index (κ1) is 26.2. The molecule has 1 atom stereocenters. The van der Waals surface area contributed by atoms with Crippen molar-refractivity contribution in [3.63, 3.8) is 0 Å². The largest absolute Gasteiger partial charge is 0.480 e. The van der Waals surface area contributed by atoms with E-state index in [1.165, 1.54) is 13.8 Å². The highest BCUT2D eigenvalue weighted by molar-refractivity contribution is 7.19. The predicted octanol–water partition coefficient (Wildman–Crippen LogP) is 6.10. The summed E-state index contributed by atoms with van der Waals surface area (Å²) < 4.78 is 59.7. The quantitative estimate of drug-likeness (QED) is 0.328. The molecule has 0 aliphatic carbocycles. The Balaban J connectivity index is 2.11. The number of hydrogen-bond acceptors (Lipinski definition) is 6. The van der Waals surface area contributed by atoms with Gasteiger partial charge >= 0.3 is 6.18 Å². The molecule has 0 aliphatic heterocycles. The molecule has 1 unspecified atom stereocenters. The molecule has 0 radical (unpaired) electrons. The topological polar surface area (TPSA) is 100 Å². The van der Waals surface area contributed by atoms with Crippen LogP contribution in [0.4, 0.5) is 23.2 Å². The molecule has 3 rings (SSSR count). The molecule has 184 valence electrons. The molecule has 0 saturated carbocycles. The number of carbonyl (C=O) groups is 1. The Bertz CT molecular complexity index is 1220. The van der Waals surface area contributed by atoms with Crippen molar-refractivity contribution in [1.82, 2.24) is 15.2 Å². The summed E-state index contributed by atoms with van der Waals surface area (Å²) in [6, 6.07) is 1.66. The zero-order chi connectivity index (χ0) is 25.6. The van der Waals surface area contributed by atoms with Crippen molar-refractivity contribution >= 4 is 46.1 Å². The Kier molecular flexibility index (Phi) is 7.19. The lowest BCUT2D eigenvalue weighted by molar-refractivity contribution is -0.189. The first-order valence-corrected chi connectivity index (χ1v) is 11.1. The van der Waals surface area contributed by atoms with Crippen LogP contribution in [0.1, 0.15) is 42.5 Å². The van der Waals surface area contributed by atoms with Crippen molar-refractivity contribution in [2.24, 2.45) is 0 Å². The molecule has 3 N–H and O–H groups in total. The van der Waals surface area contributed by atoms with Crippen LogP contribution >= 0.6 is 34.5 Å². The van der Waals surface area contributed by atoms with Gasteiger partial charge in [-0.25, -0.2) is 9.37 Å². The summed E-state index contributed by atoms with van der Waals surface area (Å²) in [5, 5.41) is 18.7. The van der Waals surface area contributed by atoms with Crippen molar-refractivity contribution in [2.75, 3.05) is 5.32 Å². The summed E-state index contributed by atoms with van der Waals surface area (Å²) in [6.45, 7) is 5.14. The van der Waals surface area contributed by atoms with Crippen molar-refractivity contribution < 1.29 is 32.2 Å². The number of benzene rings is 1. The number of aromatic amines is 1. The number of halogens is 6. The van der Waals surface area contributed by atoms with Crippen molar-refractivity contribution in [2.45, 2.75) is 45.6 Å². The van der Waals surface area contributed by atoms with Crippen LogP contribution in [0.5, 0.6) is 5.75 Å². The first-order chi connectivity index (χ1) is 15.6. The summed E-state index contributed by atoms with van der Waals surface area (Å²) in [7, 11) is 0. The summed E-state index contributed by atoms with van der Waals surface area (Å²) in [6.07, 6.45) is -7.07. The minimum Gasteiger partial charge on any atom is -0.480 e. The number of rotatable bonds is 6. The van der Waals surface area contributed by atoms with E-state index in [1.807, 2.05) is 0 Å². The number of aliphatic hydroxyl groups is 1. The zero-order valence-corrected chi connectivity index (χ0v) is 20.4. The molecule has 2 aromatic heterocycles. The van der Waals surface area contributed by atoms with Gasteiger partial charge in [0.05, 0.1) is 11.3 Å². The number of H-pyrrole nitrogens is 1. The second kappa shape index (κ2) is 9.33. The minimum absolute atomic E-state index is 0.0233. The van der Waals surface area contributed by atoms with Gasteiger partial charge < -0.3 is 15.2 Å². The number of nitrogens with one attached hydrogen (secondary N) is 2. The van der Waals surface area contributed by atoms with Crippen molar-refractivity contribution in [3.05, 3.63) is 44.4 Å². The molecule has 0 spiro atoms. The maximum absolute atomic E-state index is 15.1. The second-order valence-corrected chi connectivity index (χ2v) is 9.76. The van der Waals surface area contributed by atoms with E-state index in [4.69, 9.17) is 27.9 Å². The van der Waals surface area contributed by atoms with Gasteiger partial charge in [0.15, 0.2) is 11.3 Å². The Labute approximate surface area is 205 Å². The van der Waals surface area contributed by atoms with Crippen LogP contribution in [0, 0.1) is 12.7 Å². The molecule has 1 aromatic carbocycles. The Morgan fingerprint density at radius 1 is 1.29 bits per heavy atom. The maximum Gasteiger partial charge on any atom is 0.425 e. The smallest absolute Gasteiger partial charge is 0.425 e. The fourth-order valence-electron chi connectivity index (χ4n) is 2.77. The van der Waals surface area contributed by atoms with E-state index in [-0.39, 0.29) is 31.4 Å². The first-order valence-electron chi connectivity index (χ1n) is 9.57. The Morgan fingerprint density at radius 2 is 1.94 bits per heavy atom. The number of aromatic nitrogens is 3. The predicted molar refractivity (Wildman–Crippen MR) is 120 cm³/mol. The third-order valence-electron chi connectivity index (χ3n) is 4.62. The monoisotopic (exact) mass is 540 g/mol. The molecule has 14 heteroatoms. The van der Waals surface area contributed by atoms with E-state index in [9.17, 15) is 23.1 Å². The summed E-state index contributed by atoms with van der Waals surface area (Å²) >= 11 is 12.8. The molecule has 0 bridgehead atoms. The van der Waals surface area contributed by atoms with Gasteiger partial charge in [0.1, 0.15) is 37.9 Å². The lowest BCUT2D eigenvalue weighted by atomic mass is 10.1. The number of aryl methyl sites for hydroxylation is 1. The van der Waals surface area contributed by atoms with Crippen LogP contribution in [-0.4, -0.2) is 38.5 Å². The van der Waals surface area contributed by atoms with E-state index in [1.54, 1.807) is 6.92 Å². The number of hydrogen-bond donors (Lipinski definition) is 3. The molecule has 1 amide bonds. The summed E-state index contributed by atoms with van der Waals surface area (Å²) in [5.41, 5.74) is -1.72. The van der Waals surface area contributed by atoms with Gasteiger partial charge in [0.2, 0.25) is 0 Å². The van der Waals surface area contributed by atoms with Crippen molar-refractivity contribution in [3.8, 4) is 16.3 Å². The lowest BCUT2D eigenvalue weighted by Gasteiger charge is -2.20. The van der Waals surface area contributed by atoms with Crippen molar-refractivity contribution in [1.29, 1.82) is 0 Å². The highest BCUT2D eigenvalue weighted by atomic mass is 35.5. The minimum atomic E-state index is -4.76. The normalized spacial score (nSPS) is 13.1. The van der Waals surface area contributed by atoms with E-state index in [0.717, 1.165) is 30.4 Å². The van der Waals surface area contributed by atoms with E-state index < -0.39 is 40.9 Å². The Hall–Kier alpha value is -2.41. The van der Waals surface area contributed by atoms with Gasteiger partial charge in [0, 0.05) is 5.56 Å². The second-order valence-electron chi connectivity index (χ2n) is 7.80. The number of thiazole rings is 1. The molecule has 34 heavy (non-hydrogen) atoms. The van der Waals surface area contributed by atoms with Gasteiger partial charge in [-0.2, -0.15) is 18.3 Å². The van der Waals surface area contributed by atoms with Crippen LogP contribution in [0.25, 0.3) is 10.6 Å². The Morgan fingerprint density at radius 3 is 2.44 bits per heavy atom. The molecule has 0 saturated heterocycles.